The molecule has 6 heteroatoms. The second-order valence-electron chi connectivity index (χ2n) is 5.97. The van der Waals surface area contributed by atoms with Crippen LogP contribution in [-0.2, 0) is 14.3 Å². The molecule has 0 aromatic carbocycles. The molecule has 1 atom stereocenters. The highest BCUT2D eigenvalue weighted by molar-refractivity contribution is 5.75. The smallest absolute Gasteiger partial charge is 0.410 e. The molecule has 0 aromatic heterocycles. The van der Waals surface area contributed by atoms with Gasteiger partial charge in [-0.1, -0.05) is 0 Å². The van der Waals surface area contributed by atoms with Crippen LogP contribution in [0.15, 0.2) is 0 Å². The molecule has 118 valence electrons. The van der Waals surface area contributed by atoms with E-state index in [2.05, 4.69) is 10.1 Å². The van der Waals surface area contributed by atoms with Crippen LogP contribution in [-0.4, -0.2) is 54.8 Å². The number of rotatable bonds is 6. The Bertz CT molecular complexity index is 324. The van der Waals surface area contributed by atoms with Crippen LogP contribution in [0.4, 0.5) is 4.79 Å². The van der Waals surface area contributed by atoms with Crippen molar-refractivity contribution in [2.45, 2.75) is 59.2 Å². The Balaban J connectivity index is 4.36. The van der Waals surface area contributed by atoms with E-state index in [1.165, 1.54) is 7.11 Å². The molecule has 0 aliphatic rings. The van der Waals surface area contributed by atoms with Crippen LogP contribution in [0.5, 0.6) is 0 Å². The Morgan fingerprint density at radius 2 is 1.75 bits per heavy atom. The molecule has 1 amide bonds. The highest BCUT2D eigenvalue weighted by Gasteiger charge is 2.24. The summed E-state index contributed by atoms with van der Waals surface area (Å²) in [5.74, 6) is -0.321. The minimum absolute atomic E-state index is 0.0279. The summed E-state index contributed by atoms with van der Waals surface area (Å²) < 4.78 is 9.98. The fourth-order valence-electron chi connectivity index (χ4n) is 1.54. The van der Waals surface area contributed by atoms with Gasteiger partial charge in [-0.15, -0.1) is 0 Å². The van der Waals surface area contributed by atoms with E-state index in [0.717, 1.165) is 0 Å². The lowest BCUT2D eigenvalue weighted by Crippen LogP contribution is -2.46. The first-order chi connectivity index (χ1) is 9.08. The lowest BCUT2D eigenvalue weighted by Gasteiger charge is -2.30. The summed E-state index contributed by atoms with van der Waals surface area (Å²) in [6.45, 7) is 12.0. The molecule has 1 N–H and O–H groups in total. The first kappa shape index (κ1) is 18.7. The molecule has 0 rings (SSSR count). The van der Waals surface area contributed by atoms with Gasteiger partial charge in [-0.2, -0.15) is 0 Å². The number of carbonyl (C=O) groups excluding carboxylic acids is 2. The second kappa shape index (κ2) is 8.09. The van der Waals surface area contributed by atoms with Gasteiger partial charge in [0.2, 0.25) is 0 Å². The molecule has 0 saturated heterocycles. The Morgan fingerprint density at radius 1 is 1.20 bits per heavy atom. The molecule has 0 aromatic rings. The zero-order chi connectivity index (χ0) is 15.9. The Hall–Kier alpha value is -1.30. The van der Waals surface area contributed by atoms with Gasteiger partial charge in [0.15, 0.2) is 0 Å². The molecule has 0 fully saturated rings. The van der Waals surface area contributed by atoms with Crippen molar-refractivity contribution in [2.75, 3.05) is 20.2 Å². The van der Waals surface area contributed by atoms with Crippen molar-refractivity contribution in [3.8, 4) is 0 Å². The van der Waals surface area contributed by atoms with Crippen molar-refractivity contribution in [3.63, 3.8) is 0 Å². The van der Waals surface area contributed by atoms with Gasteiger partial charge in [0, 0.05) is 19.1 Å². The number of amides is 1. The Morgan fingerprint density at radius 3 is 2.15 bits per heavy atom. The van der Waals surface area contributed by atoms with Crippen molar-refractivity contribution in [1.29, 1.82) is 0 Å². The van der Waals surface area contributed by atoms with E-state index in [1.54, 1.807) is 11.8 Å². The van der Waals surface area contributed by atoms with Crippen molar-refractivity contribution in [1.82, 2.24) is 10.2 Å². The number of carbonyl (C=O) groups is 2. The van der Waals surface area contributed by atoms with Crippen LogP contribution in [0.25, 0.3) is 0 Å². The molecule has 0 heterocycles. The summed E-state index contributed by atoms with van der Waals surface area (Å²) in [7, 11) is 1.35. The van der Waals surface area contributed by atoms with E-state index < -0.39 is 11.6 Å². The molecular weight excluding hydrogens is 260 g/mol. The maximum atomic E-state index is 12.1. The van der Waals surface area contributed by atoms with Crippen LogP contribution < -0.4 is 5.32 Å². The highest BCUT2D eigenvalue weighted by Crippen LogP contribution is 2.11. The summed E-state index contributed by atoms with van der Waals surface area (Å²) in [6.07, 6.45) is -0.347. The second-order valence-corrected chi connectivity index (χ2v) is 5.97. The van der Waals surface area contributed by atoms with E-state index in [4.69, 9.17) is 4.74 Å². The summed E-state index contributed by atoms with van der Waals surface area (Å²) >= 11 is 0. The molecule has 6 nitrogen and oxygen atoms in total. The topological polar surface area (TPSA) is 67.9 Å². The molecule has 1 unspecified atom stereocenters. The van der Waals surface area contributed by atoms with Gasteiger partial charge in [-0.05, 0) is 41.5 Å². The van der Waals surface area contributed by atoms with Gasteiger partial charge >= 0.3 is 12.1 Å². The average molecular weight is 288 g/mol. The van der Waals surface area contributed by atoms with E-state index >= 15 is 0 Å². The number of nitrogens with one attached hydrogen (secondary N) is 1. The number of ether oxygens (including phenoxy) is 2. The standard InChI is InChI=1S/C14H28N2O4/c1-10(2)16(13(18)20-14(4,5)6)9-8-15-11(3)12(17)19-7/h10-11,15H,8-9H2,1-7H3. The number of hydrogen-bond donors (Lipinski definition) is 1. The third-order valence-corrected chi connectivity index (χ3v) is 2.61. The summed E-state index contributed by atoms with van der Waals surface area (Å²) in [5, 5.41) is 3.01. The lowest BCUT2D eigenvalue weighted by molar-refractivity contribution is -0.142. The minimum Gasteiger partial charge on any atom is -0.468 e. The van der Waals surface area contributed by atoms with Crippen molar-refractivity contribution >= 4 is 12.1 Å². The van der Waals surface area contributed by atoms with Gasteiger partial charge < -0.3 is 19.7 Å². The predicted octanol–water partition coefficient (Wildman–Crippen LogP) is 1.78. The highest BCUT2D eigenvalue weighted by atomic mass is 16.6. The van der Waals surface area contributed by atoms with Gasteiger partial charge in [-0.3, -0.25) is 4.79 Å². The largest absolute Gasteiger partial charge is 0.468 e. The molecule has 0 saturated carbocycles. The van der Waals surface area contributed by atoms with Crippen LogP contribution in [0.1, 0.15) is 41.5 Å². The molecule has 0 radical (unpaired) electrons. The minimum atomic E-state index is -0.517. The zero-order valence-corrected chi connectivity index (χ0v) is 13.6. The van der Waals surface area contributed by atoms with Crippen molar-refractivity contribution in [2.24, 2.45) is 0 Å². The van der Waals surface area contributed by atoms with E-state index in [0.29, 0.717) is 13.1 Å². The van der Waals surface area contributed by atoms with Gasteiger partial charge in [0.05, 0.1) is 7.11 Å². The van der Waals surface area contributed by atoms with Crippen molar-refractivity contribution < 1.29 is 19.1 Å². The Kier molecular flexibility index (Phi) is 7.57. The maximum absolute atomic E-state index is 12.1. The number of hydrogen-bond acceptors (Lipinski definition) is 5. The summed E-state index contributed by atoms with van der Waals surface area (Å²) in [5.41, 5.74) is -0.517. The summed E-state index contributed by atoms with van der Waals surface area (Å²) in [6, 6.07) is -0.368. The quantitative estimate of drug-likeness (QED) is 0.755. The van der Waals surface area contributed by atoms with E-state index in [9.17, 15) is 9.59 Å². The van der Waals surface area contributed by atoms with Gasteiger partial charge in [-0.25, -0.2) is 4.79 Å². The van der Waals surface area contributed by atoms with Crippen LogP contribution in [0.3, 0.4) is 0 Å². The first-order valence-electron chi connectivity index (χ1n) is 6.89. The van der Waals surface area contributed by atoms with Crippen LogP contribution >= 0.6 is 0 Å². The zero-order valence-electron chi connectivity index (χ0n) is 13.6. The number of nitrogens with zero attached hydrogens (tertiary/aromatic N) is 1. The van der Waals surface area contributed by atoms with Crippen LogP contribution in [0, 0.1) is 0 Å². The summed E-state index contributed by atoms with van der Waals surface area (Å²) in [4.78, 5) is 24.9. The monoisotopic (exact) mass is 288 g/mol. The third kappa shape index (κ3) is 7.33. The molecule has 0 aliphatic heterocycles. The van der Waals surface area contributed by atoms with E-state index in [1.807, 2.05) is 34.6 Å². The third-order valence-electron chi connectivity index (χ3n) is 2.61. The van der Waals surface area contributed by atoms with Gasteiger partial charge in [0.25, 0.3) is 0 Å². The predicted molar refractivity (Wildman–Crippen MR) is 77.6 cm³/mol. The maximum Gasteiger partial charge on any atom is 0.410 e. The fourth-order valence-corrected chi connectivity index (χ4v) is 1.54. The molecular formula is C14H28N2O4. The SMILES string of the molecule is COC(=O)C(C)NCCN(C(=O)OC(C)(C)C)C(C)C. The van der Waals surface area contributed by atoms with Gasteiger partial charge in [0.1, 0.15) is 11.6 Å². The first-order valence-corrected chi connectivity index (χ1v) is 6.89. The number of esters is 1. The average Bonchev–Trinajstić information content (AvgIpc) is 2.30. The molecule has 0 bridgehead atoms. The molecule has 20 heavy (non-hydrogen) atoms. The van der Waals surface area contributed by atoms with Crippen molar-refractivity contribution in [3.05, 3.63) is 0 Å². The molecule has 0 spiro atoms. The fraction of sp³-hybridized carbons (Fsp3) is 0.857. The Labute approximate surface area is 121 Å². The molecule has 0 aliphatic carbocycles. The normalized spacial score (nSPS) is 13.0. The number of methoxy groups -OCH3 is 1. The lowest BCUT2D eigenvalue weighted by atomic mass is 10.2. The van der Waals surface area contributed by atoms with Crippen LogP contribution in [0.2, 0.25) is 0 Å². The van der Waals surface area contributed by atoms with E-state index in [-0.39, 0.29) is 18.1 Å².